The Morgan fingerprint density at radius 2 is 2.00 bits per heavy atom. The van der Waals surface area contributed by atoms with Crippen molar-refractivity contribution < 1.29 is 0 Å². The first-order valence-electron chi connectivity index (χ1n) is 4.72. The number of aromatic nitrogens is 2. The lowest BCUT2D eigenvalue weighted by Gasteiger charge is -1.97. The third kappa shape index (κ3) is 1.58. The summed E-state index contributed by atoms with van der Waals surface area (Å²) in [4.78, 5) is 8.94. The molecule has 2 nitrogen and oxygen atoms in total. The van der Waals surface area contributed by atoms with Crippen LogP contribution in [-0.4, -0.2) is 9.97 Å². The molecule has 0 saturated carbocycles. The molecule has 0 fully saturated rings. The zero-order chi connectivity index (χ0) is 11.0. The number of nitrogens with zero attached hydrogens (tertiary/aromatic N) is 2. The average molecular weight is 246 g/mol. The number of fused-ring (bicyclic) bond motifs is 1. The summed E-state index contributed by atoms with van der Waals surface area (Å²) in [6.07, 6.45) is 2.93. The van der Waals surface area contributed by atoms with Gasteiger partial charge in [0, 0.05) is 16.3 Å². The highest BCUT2D eigenvalue weighted by molar-refractivity contribution is 7.17. The predicted molar refractivity (Wildman–Crippen MR) is 66.7 cm³/mol. The van der Waals surface area contributed by atoms with Crippen LogP contribution in [0.5, 0.6) is 0 Å². The van der Waals surface area contributed by atoms with Crippen LogP contribution < -0.4 is 0 Å². The summed E-state index contributed by atoms with van der Waals surface area (Å²) in [6.45, 7) is 0. The normalized spacial score (nSPS) is 10.8. The van der Waals surface area contributed by atoms with Crippen molar-refractivity contribution in [2.45, 2.75) is 0 Å². The van der Waals surface area contributed by atoms with Gasteiger partial charge in [0.1, 0.15) is 11.0 Å². The van der Waals surface area contributed by atoms with Gasteiger partial charge in [-0.15, -0.1) is 11.3 Å². The first-order chi connectivity index (χ1) is 7.84. The molecule has 0 N–H and O–H groups in total. The van der Waals surface area contributed by atoms with Gasteiger partial charge in [-0.3, -0.25) is 0 Å². The van der Waals surface area contributed by atoms with E-state index in [9.17, 15) is 0 Å². The van der Waals surface area contributed by atoms with Crippen molar-refractivity contribution in [2.75, 3.05) is 0 Å². The Balaban J connectivity index is 2.26. The largest absolute Gasteiger partial charge is 0.224 e. The van der Waals surface area contributed by atoms with Crippen LogP contribution in [0.25, 0.3) is 21.3 Å². The van der Waals surface area contributed by atoms with E-state index in [4.69, 9.17) is 11.6 Å². The fraction of sp³-hybridized carbons (Fsp3) is 0. The van der Waals surface area contributed by atoms with E-state index in [1.807, 2.05) is 18.2 Å². The maximum atomic E-state index is 5.73. The van der Waals surface area contributed by atoms with Crippen LogP contribution >= 0.6 is 22.9 Å². The molecule has 77 valence electrons. The number of rotatable bonds is 1. The molecule has 0 amide bonds. The van der Waals surface area contributed by atoms with Gasteiger partial charge in [0.05, 0.1) is 0 Å². The summed E-state index contributed by atoms with van der Waals surface area (Å²) in [5.74, 6) is 0. The Bertz CT molecular complexity index is 634. The third-order valence-corrected chi connectivity index (χ3v) is 3.35. The zero-order valence-corrected chi connectivity index (χ0v) is 9.72. The number of halogens is 1. The number of hydrogen-bond acceptors (Lipinski definition) is 3. The summed E-state index contributed by atoms with van der Waals surface area (Å²) in [7, 11) is 0. The van der Waals surface area contributed by atoms with E-state index in [0.717, 1.165) is 21.3 Å². The highest BCUT2D eigenvalue weighted by Crippen LogP contribution is 2.32. The molecular weight excluding hydrogens is 240 g/mol. The number of hydrogen-bond donors (Lipinski definition) is 0. The molecule has 2 aromatic heterocycles. The van der Waals surface area contributed by atoms with Crippen molar-refractivity contribution >= 4 is 33.2 Å². The average Bonchev–Trinajstić information content (AvgIpc) is 2.73. The highest BCUT2D eigenvalue weighted by atomic mass is 35.5. The van der Waals surface area contributed by atoms with Crippen LogP contribution in [0.2, 0.25) is 5.28 Å². The van der Waals surface area contributed by atoms with E-state index in [1.54, 1.807) is 11.3 Å². The van der Waals surface area contributed by atoms with Gasteiger partial charge >= 0.3 is 0 Å². The lowest BCUT2D eigenvalue weighted by molar-refractivity contribution is 1.22. The fourth-order valence-corrected chi connectivity index (χ4v) is 2.65. The summed E-state index contributed by atoms with van der Waals surface area (Å²) in [5.41, 5.74) is 2.26. The van der Waals surface area contributed by atoms with Crippen LogP contribution in [-0.2, 0) is 0 Å². The molecule has 0 aliphatic carbocycles. The first-order valence-corrected chi connectivity index (χ1v) is 5.98. The predicted octanol–water partition coefficient (Wildman–Crippen LogP) is 3.81. The van der Waals surface area contributed by atoms with E-state index < -0.39 is 0 Å². The molecule has 1 radical (unpaired) electrons. The van der Waals surface area contributed by atoms with Gasteiger partial charge in [0.25, 0.3) is 0 Å². The second-order valence-corrected chi connectivity index (χ2v) is 4.50. The molecule has 0 spiro atoms. The lowest BCUT2D eigenvalue weighted by Crippen LogP contribution is -1.81. The van der Waals surface area contributed by atoms with Crippen LogP contribution in [0.1, 0.15) is 0 Å². The minimum atomic E-state index is 0.244. The smallest absolute Gasteiger partial charge is 0.215 e. The second-order valence-electron chi connectivity index (χ2n) is 3.30. The molecule has 4 heteroatoms. The molecule has 0 aliphatic heterocycles. The van der Waals surface area contributed by atoms with E-state index in [-0.39, 0.29) is 5.28 Å². The van der Waals surface area contributed by atoms with Crippen LogP contribution in [0.15, 0.2) is 35.7 Å². The minimum absolute atomic E-state index is 0.244. The van der Waals surface area contributed by atoms with Gasteiger partial charge in [-0.2, -0.15) is 0 Å². The molecule has 1 aromatic carbocycles. The first kappa shape index (κ1) is 9.75. The van der Waals surface area contributed by atoms with Crippen molar-refractivity contribution in [3.05, 3.63) is 47.2 Å². The second kappa shape index (κ2) is 3.85. The molecule has 3 aromatic rings. The maximum Gasteiger partial charge on any atom is 0.224 e. The van der Waals surface area contributed by atoms with Gasteiger partial charge in [-0.1, -0.05) is 30.3 Å². The van der Waals surface area contributed by atoms with Gasteiger partial charge in [-0.25, -0.2) is 9.97 Å². The van der Waals surface area contributed by atoms with Crippen molar-refractivity contribution in [3.8, 4) is 11.1 Å². The molecule has 0 unspecified atom stereocenters. The van der Waals surface area contributed by atoms with Gasteiger partial charge in [-0.05, 0) is 17.2 Å². The van der Waals surface area contributed by atoms with Crippen LogP contribution in [0.3, 0.4) is 0 Å². The Kier molecular flexibility index (Phi) is 2.35. The summed E-state index contributed by atoms with van der Waals surface area (Å²) in [5, 5.41) is 3.23. The monoisotopic (exact) mass is 245 g/mol. The topological polar surface area (TPSA) is 25.8 Å². The van der Waals surface area contributed by atoms with Crippen molar-refractivity contribution in [1.82, 2.24) is 9.97 Å². The van der Waals surface area contributed by atoms with Crippen molar-refractivity contribution in [3.63, 3.8) is 0 Å². The molecule has 3 rings (SSSR count). The van der Waals surface area contributed by atoms with Gasteiger partial charge in [0.15, 0.2) is 0 Å². The summed E-state index contributed by atoms with van der Waals surface area (Å²) < 4.78 is 0. The quantitative estimate of drug-likeness (QED) is 0.609. The highest BCUT2D eigenvalue weighted by Gasteiger charge is 2.08. The van der Waals surface area contributed by atoms with E-state index in [1.165, 1.54) is 0 Å². The van der Waals surface area contributed by atoms with Crippen LogP contribution in [0, 0.1) is 6.20 Å². The summed E-state index contributed by atoms with van der Waals surface area (Å²) in [6, 6.07) is 10.1. The third-order valence-electron chi connectivity index (χ3n) is 2.31. The van der Waals surface area contributed by atoms with E-state index in [0.29, 0.717) is 0 Å². The van der Waals surface area contributed by atoms with E-state index >= 15 is 0 Å². The fourth-order valence-electron chi connectivity index (χ4n) is 1.58. The summed E-state index contributed by atoms with van der Waals surface area (Å²) >= 11 is 7.28. The van der Waals surface area contributed by atoms with Gasteiger partial charge in [0.2, 0.25) is 5.28 Å². The Morgan fingerprint density at radius 1 is 1.19 bits per heavy atom. The minimum Gasteiger partial charge on any atom is -0.215 e. The Hall–Kier alpha value is -1.45. The number of thiophene rings is 1. The molecule has 16 heavy (non-hydrogen) atoms. The Labute approximate surface area is 102 Å². The van der Waals surface area contributed by atoms with E-state index in [2.05, 4.69) is 33.7 Å². The van der Waals surface area contributed by atoms with Gasteiger partial charge < -0.3 is 0 Å². The van der Waals surface area contributed by atoms with Crippen molar-refractivity contribution in [1.29, 1.82) is 0 Å². The van der Waals surface area contributed by atoms with Crippen molar-refractivity contribution in [2.24, 2.45) is 0 Å². The molecule has 0 atom stereocenters. The van der Waals surface area contributed by atoms with Crippen LogP contribution in [0.4, 0.5) is 0 Å². The molecule has 0 saturated heterocycles. The molecule has 0 bridgehead atoms. The molecule has 0 aliphatic rings. The maximum absolute atomic E-state index is 5.73. The standard InChI is InChI=1S/C12H6ClN2S/c13-12-14-6-9-10(7-16-11(9)15-12)8-4-2-1-3-5-8/h1-5,7H. The Morgan fingerprint density at radius 3 is 2.81 bits per heavy atom. The SMILES string of the molecule is Clc1n[c]c2c(-c3ccccc3)csc2n1. The molecule has 2 heterocycles. The lowest BCUT2D eigenvalue weighted by atomic mass is 10.1. The zero-order valence-electron chi connectivity index (χ0n) is 8.14. The number of benzene rings is 1. The molecular formula is C12H6ClN2S.